The topological polar surface area (TPSA) is 58.6 Å². The molecule has 0 aliphatic heterocycles. The summed E-state index contributed by atoms with van der Waals surface area (Å²) in [6.07, 6.45) is 0.0438. The number of amides is 1. The molecule has 1 rings (SSSR count). The molecule has 6 heteroatoms. The van der Waals surface area contributed by atoms with Gasteiger partial charge in [0.2, 0.25) is 5.91 Å². The van der Waals surface area contributed by atoms with Gasteiger partial charge in [-0.25, -0.2) is 4.39 Å². The van der Waals surface area contributed by atoms with Gasteiger partial charge in [0.1, 0.15) is 5.82 Å². The molecular weight excluding hydrogens is 311 g/mol. The molecule has 0 heterocycles. The smallest absolute Gasteiger partial charge is 0.220 e. The van der Waals surface area contributed by atoms with Crippen molar-refractivity contribution in [3.63, 3.8) is 0 Å². The fourth-order valence-electron chi connectivity index (χ4n) is 2.24. The van der Waals surface area contributed by atoms with Gasteiger partial charge in [-0.05, 0) is 25.2 Å². The number of benzene rings is 1. The number of nitrogens with zero attached hydrogens (tertiary/aromatic N) is 1. The molecule has 24 heavy (non-hydrogen) atoms. The molecule has 5 nitrogen and oxygen atoms in total. The van der Waals surface area contributed by atoms with Crippen LogP contribution < -0.4 is 5.32 Å². The highest BCUT2D eigenvalue weighted by Crippen LogP contribution is 2.10. The van der Waals surface area contributed by atoms with E-state index in [1.54, 1.807) is 6.07 Å². The van der Waals surface area contributed by atoms with E-state index < -0.39 is 5.82 Å². The number of hydrogen-bond donors (Lipinski definition) is 1. The molecule has 0 spiro atoms. The minimum absolute atomic E-state index is 0.00438. The zero-order chi connectivity index (χ0) is 17.8. The molecule has 1 amide bonds. The van der Waals surface area contributed by atoms with Crippen molar-refractivity contribution in [2.75, 3.05) is 39.4 Å². The molecule has 0 atom stereocenters. The van der Waals surface area contributed by atoms with Gasteiger partial charge in [0.25, 0.3) is 0 Å². The quantitative estimate of drug-likeness (QED) is 0.469. The maximum atomic E-state index is 13.5. The third-order valence-corrected chi connectivity index (χ3v) is 3.77. The highest BCUT2D eigenvalue weighted by Gasteiger charge is 2.12. The normalized spacial score (nSPS) is 10.8. The van der Waals surface area contributed by atoms with Gasteiger partial charge in [-0.1, -0.05) is 26.0 Å². The lowest BCUT2D eigenvalue weighted by Crippen LogP contribution is -2.30. The third-order valence-electron chi connectivity index (χ3n) is 3.77. The highest BCUT2D eigenvalue weighted by molar-refractivity contribution is 5.98. The van der Waals surface area contributed by atoms with Crippen LogP contribution in [0.15, 0.2) is 24.3 Å². The van der Waals surface area contributed by atoms with Crippen LogP contribution in [0.25, 0.3) is 0 Å². The Balaban J connectivity index is 2.12. The lowest BCUT2D eigenvalue weighted by atomic mass is 10.1. The van der Waals surface area contributed by atoms with Crippen molar-refractivity contribution >= 4 is 11.7 Å². The van der Waals surface area contributed by atoms with Gasteiger partial charge in [-0.15, -0.1) is 0 Å². The van der Waals surface area contributed by atoms with E-state index in [4.69, 9.17) is 4.74 Å². The summed E-state index contributed by atoms with van der Waals surface area (Å²) in [5.74, 6) is -1.14. The number of carbonyl (C=O) groups is 2. The number of hydrogen-bond acceptors (Lipinski definition) is 4. The van der Waals surface area contributed by atoms with E-state index in [9.17, 15) is 14.0 Å². The van der Waals surface area contributed by atoms with Gasteiger partial charge in [-0.2, -0.15) is 0 Å². The summed E-state index contributed by atoms with van der Waals surface area (Å²) in [6.45, 7) is 8.54. The molecule has 0 bridgehead atoms. The molecule has 134 valence electrons. The molecule has 0 aromatic heterocycles. The van der Waals surface area contributed by atoms with Gasteiger partial charge < -0.3 is 15.0 Å². The average Bonchev–Trinajstić information content (AvgIpc) is 2.59. The first-order chi connectivity index (χ1) is 11.6. The van der Waals surface area contributed by atoms with Gasteiger partial charge in [0.05, 0.1) is 18.8 Å². The number of likely N-dealkylation sites (N-methyl/N-ethyl adjacent to an activating group) is 1. The van der Waals surface area contributed by atoms with E-state index in [0.717, 1.165) is 19.6 Å². The van der Waals surface area contributed by atoms with Crippen LogP contribution in [0.1, 0.15) is 37.0 Å². The maximum Gasteiger partial charge on any atom is 0.220 e. The Hall–Kier alpha value is -1.79. The fourth-order valence-corrected chi connectivity index (χ4v) is 2.24. The van der Waals surface area contributed by atoms with Crippen molar-refractivity contribution in [3.05, 3.63) is 35.6 Å². The molecule has 0 radical (unpaired) electrons. The van der Waals surface area contributed by atoms with E-state index in [0.29, 0.717) is 19.8 Å². The zero-order valence-corrected chi connectivity index (χ0v) is 14.5. The predicted octanol–water partition coefficient (Wildman–Crippen LogP) is 2.26. The minimum atomic E-state index is -0.551. The van der Waals surface area contributed by atoms with Crippen LogP contribution in [0.5, 0.6) is 0 Å². The Bertz CT molecular complexity index is 519. The second-order valence-electron chi connectivity index (χ2n) is 5.39. The summed E-state index contributed by atoms with van der Waals surface area (Å²) in [4.78, 5) is 25.8. The number of rotatable bonds is 12. The van der Waals surface area contributed by atoms with Crippen molar-refractivity contribution in [3.8, 4) is 0 Å². The number of ketones is 1. The van der Waals surface area contributed by atoms with Crippen LogP contribution in [0.3, 0.4) is 0 Å². The molecule has 1 aromatic carbocycles. The Kier molecular flexibility index (Phi) is 9.88. The van der Waals surface area contributed by atoms with Crippen LogP contribution in [-0.4, -0.2) is 56.0 Å². The molecule has 1 aromatic rings. The molecule has 0 saturated heterocycles. The van der Waals surface area contributed by atoms with Crippen LogP contribution in [0.4, 0.5) is 4.39 Å². The standard InChI is InChI=1S/C18H27FN2O3/c1-3-21(4-2)12-14-24-13-11-20-18(23)10-9-17(22)15-7-5-6-8-16(15)19/h5-8H,3-4,9-14H2,1-2H3,(H,20,23). The van der Waals surface area contributed by atoms with Gasteiger partial charge in [-0.3, -0.25) is 9.59 Å². The van der Waals surface area contributed by atoms with Gasteiger partial charge in [0, 0.05) is 25.9 Å². The zero-order valence-electron chi connectivity index (χ0n) is 14.5. The van der Waals surface area contributed by atoms with Crippen molar-refractivity contribution in [2.45, 2.75) is 26.7 Å². The minimum Gasteiger partial charge on any atom is -0.378 e. The Morgan fingerprint density at radius 3 is 2.50 bits per heavy atom. The molecule has 0 aliphatic carbocycles. The largest absolute Gasteiger partial charge is 0.378 e. The summed E-state index contributed by atoms with van der Waals surface area (Å²) in [6, 6.07) is 5.80. The van der Waals surface area contributed by atoms with Crippen molar-refractivity contribution in [1.82, 2.24) is 10.2 Å². The van der Waals surface area contributed by atoms with Gasteiger partial charge >= 0.3 is 0 Å². The summed E-state index contributed by atoms with van der Waals surface area (Å²) in [5, 5.41) is 2.70. The monoisotopic (exact) mass is 338 g/mol. The van der Waals surface area contributed by atoms with Crippen molar-refractivity contribution in [2.24, 2.45) is 0 Å². The predicted molar refractivity (Wildman–Crippen MR) is 91.6 cm³/mol. The summed E-state index contributed by atoms with van der Waals surface area (Å²) in [7, 11) is 0. The van der Waals surface area contributed by atoms with E-state index >= 15 is 0 Å². The maximum absolute atomic E-state index is 13.5. The molecule has 1 N–H and O–H groups in total. The second kappa shape index (κ2) is 11.7. The number of halogens is 1. The molecule has 0 saturated carbocycles. The highest BCUT2D eigenvalue weighted by atomic mass is 19.1. The van der Waals surface area contributed by atoms with Crippen LogP contribution in [0.2, 0.25) is 0 Å². The van der Waals surface area contributed by atoms with Crippen molar-refractivity contribution < 1.29 is 18.7 Å². The lowest BCUT2D eigenvalue weighted by Gasteiger charge is -2.17. The van der Waals surface area contributed by atoms with E-state index in [-0.39, 0.29) is 30.1 Å². The Morgan fingerprint density at radius 2 is 1.83 bits per heavy atom. The van der Waals surface area contributed by atoms with Crippen LogP contribution in [0, 0.1) is 5.82 Å². The Morgan fingerprint density at radius 1 is 1.12 bits per heavy atom. The van der Waals surface area contributed by atoms with Crippen LogP contribution in [-0.2, 0) is 9.53 Å². The Labute approximate surface area is 143 Å². The molecular formula is C18H27FN2O3. The SMILES string of the molecule is CCN(CC)CCOCCNC(=O)CCC(=O)c1ccccc1F. The van der Waals surface area contributed by atoms with Crippen LogP contribution >= 0.6 is 0 Å². The van der Waals surface area contributed by atoms with Gasteiger partial charge in [0.15, 0.2) is 5.78 Å². The summed E-state index contributed by atoms with van der Waals surface area (Å²) < 4.78 is 18.9. The lowest BCUT2D eigenvalue weighted by molar-refractivity contribution is -0.121. The van der Waals surface area contributed by atoms with E-state index in [1.807, 2.05) is 0 Å². The number of nitrogens with one attached hydrogen (secondary N) is 1. The number of ether oxygens (including phenoxy) is 1. The van der Waals surface area contributed by atoms with E-state index in [1.165, 1.54) is 18.2 Å². The molecule has 0 aliphatic rings. The molecule has 0 fully saturated rings. The number of Topliss-reactive ketones (excluding diaryl/α,β-unsaturated/α-hetero) is 1. The second-order valence-corrected chi connectivity index (χ2v) is 5.39. The van der Waals surface area contributed by atoms with E-state index in [2.05, 4.69) is 24.1 Å². The summed E-state index contributed by atoms with van der Waals surface area (Å²) in [5.41, 5.74) is 0.0324. The summed E-state index contributed by atoms with van der Waals surface area (Å²) >= 11 is 0. The first kappa shape index (κ1) is 20.3. The average molecular weight is 338 g/mol. The van der Waals surface area contributed by atoms with Crippen molar-refractivity contribution in [1.29, 1.82) is 0 Å². The molecule has 0 unspecified atom stereocenters. The first-order valence-corrected chi connectivity index (χ1v) is 8.43. The third kappa shape index (κ3) is 7.66. The number of carbonyl (C=O) groups excluding carboxylic acids is 2. The first-order valence-electron chi connectivity index (χ1n) is 8.43. The fraction of sp³-hybridized carbons (Fsp3) is 0.556.